The molecule has 1 aliphatic rings. The Labute approximate surface area is 178 Å². The van der Waals surface area contributed by atoms with Gasteiger partial charge in [0, 0.05) is 7.05 Å². The highest BCUT2D eigenvalue weighted by Gasteiger charge is 2.43. The number of amides is 1. The van der Waals surface area contributed by atoms with Crippen LogP contribution in [0.1, 0.15) is 11.7 Å². The summed E-state index contributed by atoms with van der Waals surface area (Å²) in [4.78, 5) is 16.1. The van der Waals surface area contributed by atoms with Crippen LogP contribution >= 0.6 is 0 Å². The third-order valence-electron chi connectivity index (χ3n) is 5.65. The minimum Gasteiger partial charge on any atom is -0.394 e. The van der Waals surface area contributed by atoms with Crippen LogP contribution in [-0.2, 0) is 16.1 Å². The molecule has 31 heavy (non-hydrogen) atoms. The Morgan fingerprint density at radius 2 is 1.87 bits per heavy atom. The van der Waals surface area contributed by atoms with Gasteiger partial charge >= 0.3 is 0 Å². The molecular weight excluding hydrogens is 402 g/mol. The first-order valence-electron chi connectivity index (χ1n) is 9.99. The van der Waals surface area contributed by atoms with E-state index in [-0.39, 0.29) is 12.5 Å². The van der Waals surface area contributed by atoms with Crippen molar-refractivity contribution in [3.05, 3.63) is 54.4 Å². The van der Waals surface area contributed by atoms with Gasteiger partial charge in [-0.25, -0.2) is 4.98 Å². The minimum absolute atomic E-state index is 0.115. The van der Waals surface area contributed by atoms with Crippen molar-refractivity contribution in [1.29, 1.82) is 0 Å². The molecule has 0 saturated carbocycles. The van der Waals surface area contributed by atoms with Crippen molar-refractivity contribution in [3.8, 4) is 11.1 Å². The molecule has 0 radical (unpaired) electrons. The maximum atomic E-state index is 11.7. The van der Waals surface area contributed by atoms with Crippen LogP contribution in [0.15, 0.2) is 48.8 Å². The number of aliphatic hydroxyl groups is 4. The van der Waals surface area contributed by atoms with Gasteiger partial charge in [-0.2, -0.15) is 0 Å². The number of carbonyl (C=O) groups excluding carboxylic acids is 1. The number of fused-ring (bicyclic) bond motifs is 1. The highest BCUT2D eigenvalue weighted by molar-refractivity contribution is 5.84. The van der Waals surface area contributed by atoms with E-state index in [1.165, 1.54) is 0 Å². The lowest BCUT2D eigenvalue weighted by molar-refractivity contribution is -0.231. The standard InChI is InChI=1S/C22H25N3O6/c1-23-18(27)9-25-11-24-15-8-13(5-6-16(15)25)12-3-2-4-14(7-12)22-21(30)20(29)19(28)17(10-26)31-22/h2-8,11,17,19-22,26,28-30H,9-10H2,1H3,(H,23,27)/t17-,19-,20+,21+,22-/m1/s1. The van der Waals surface area contributed by atoms with Gasteiger partial charge in [0.05, 0.1) is 24.0 Å². The van der Waals surface area contributed by atoms with Crippen LogP contribution in [0.5, 0.6) is 0 Å². The fourth-order valence-electron chi connectivity index (χ4n) is 3.88. The summed E-state index contributed by atoms with van der Waals surface area (Å²) in [5, 5.41) is 42.5. The number of hydrogen-bond acceptors (Lipinski definition) is 7. The number of ether oxygens (including phenoxy) is 1. The first-order valence-corrected chi connectivity index (χ1v) is 9.99. The second-order valence-electron chi connectivity index (χ2n) is 7.62. The van der Waals surface area contributed by atoms with E-state index in [9.17, 15) is 25.2 Å². The first-order chi connectivity index (χ1) is 14.9. The lowest BCUT2D eigenvalue weighted by Crippen LogP contribution is -2.55. The van der Waals surface area contributed by atoms with Crippen molar-refractivity contribution in [1.82, 2.24) is 14.9 Å². The quantitative estimate of drug-likeness (QED) is 0.385. The molecule has 1 fully saturated rings. The molecule has 0 spiro atoms. The minimum atomic E-state index is -1.43. The topological polar surface area (TPSA) is 137 Å². The normalized spacial score (nSPS) is 26.2. The molecule has 9 nitrogen and oxygen atoms in total. The molecule has 0 aliphatic carbocycles. The summed E-state index contributed by atoms with van der Waals surface area (Å²) in [6.45, 7) is -0.296. The van der Waals surface area contributed by atoms with E-state index in [1.807, 2.05) is 30.3 Å². The lowest BCUT2D eigenvalue weighted by atomic mass is 9.90. The number of likely N-dealkylation sites (N-methyl/N-ethyl adjacent to an activating group) is 1. The molecule has 0 unspecified atom stereocenters. The number of rotatable bonds is 5. The summed E-state index contributed by atoms with van der Waals surface area (Å²) < 4.78 is 7.43. The number of nitrogens with one attached hydrogen (secondary N) is 1. The number of aliphatic hydroxyl groups excluding tert-OH is 4. The van der Waals surface area contributed by atoms with Crippen molar-refractivity contribution in [2.45, 2.75) is 37.1 Å². The van der Waals surface area contributed by atoms with Crippen LogP contribution < -0.4 is 5.32 Å². The fraction of sp³-hybridized carbons (Fsp3) is 0.364. The van der Waals surface area contributed by atoms with E-state index < -0.39 is 37.1 Å². The van der Waals surface area contributed by atoms with Crippen molar-refractivity contribution < 1.29 is 30.0 Å². The van der Waals surface area contributed by atoms with Crippen molar-refractivity contribution >= 4 is 16.9 Å². The Morgan fingerprint density at radius 1 is 1.10 bits per heavy atom. The number of benzene rings is 2. The van der Waals surface area contributed by atoms with Gasteiger partial charge in [-0.3, -0.25) is 4.79 Å². The van der Waals surface area contributed by atoms with E-state index >= 15 is 0 Å². The molecule has 1 aromatic heterocycles. The smallest absolute Gasteiger partial charge is 0.239 e. The van der Waals surface area contributed by atoms with Gasteiger partial charge in [-0.05, 0) is 34.9 Å². The summed E-state index contributed by atoms with van der Waals surface area (Å²) in [5.41, 5.74) is 3.90. The van der Waals surface area contributed by atoms with Gasteiger partial charge in [0.2, 0.25) is 5.91 Å². The van der Waals surface area contributed by atoms with E-state index in [1.54, 1.807) is 30.1 Å². The van der Waals surface area contributed by atoms with Crippen molar-refractivity contribution in [3.63, 3.8) is 0 Å². The molecule has 1 saturated heterocycles. The Balaban J connectivity index is 1.64. The molecule has 2 heterocycles. The summed E-state index contributed by atoms with van der Waals surface area (Å²) in [6.07, 6.45) is -4.41. The molecule has 3 aromatic rings. The Bertz CT molecular complexity index is 1080. The summed E-state index contributed by atoms with van der Waals surface area (Å²) in [5.74, 6) is -0.115. The molecule has 5 atom stereocenters. The molecule has 5 N–H and O–H groups in total. The molecule has 9 heteroatoms. The van der Waals surface area contributed by atoms with Gasteiger partial charge in [-0.15, -0.1) is 0 Å². The highest BCUT2D eigenvalue weighted by atomic mass is 16.5. The predicted octanol–water partition coefficient (Wildman–Crippen LogP) is -0.0358. The number of aromatic nitrogens is 2. The summed E-state index contributed by atoms with van der Waals surface area (Å²) in [7, 11) is 1.59. The van der Waals surface area contributed by atoms with Gasteiger partial charge < -0.3 is 35.0 Å². The molecule has 164 valence electrons. The van der Waals surface area contributed by atoms with E-state index in [0.717, 1.165) is 22.2 Å². The maximum absolute atomic E-state index is 11.7. The second-order valence-corrected chi connectivity index (χ2v) is 7.62. The zero-order valence-corrected chi connectivity index (χ0v) is 16.9. The number of nitrogens with zero attached hydrogens (tertiary/aromatic N) is 2. The number of imidazole rings is 1. The van der Waals surface area contributed by atoms with Gasteiger partial charge in [-0.1, -0.05) is 24.3 Å². The third kappa shape index (κ3) is 4.06. The van der Waals surface area contributed by atoms with Crippen molar-refractivity contribution in [2.24, 2.45) is 0 Å². The van der Waals surface area contributed by atoms with E-state index in [0.29, 0.717) is 5.56 Å². The fourth-order valence-corrected chi connectivity index (χ4v) is 3.88. The van der Waals surface area contributed by atoms with Crippen LogP contribution in [0.4, 0.5) is 0 Å². The second kappa shape index (κ2) is 8.74. The summed E-state index contributed by atoms with van der Waals surface area (Å²) in [6, 6.07) is 13.0. The van der Waals surface area contributed by atoms with E-state index in [2.05, 4.69) is 10.3 Å². The van der Waals surface area contributed by atoms with Gasteiger partial charge in [0.1, 0.15) is 37.1 Å². The van der Waals surface area contributed by atoms with Gasteiger partial charge in [0.15, 0.2) is 0 Å². The first kappa shape index (κ1) is 21.4. The predicted molar refractivity (Wildman–Crippen MR) is 112 cm³/mol. The molecular formula is C22H25N3O6. The molecule has 1 aliphatic heterocycles. The maximum Gasteiger partial charge on any atom is 0.239 e. The Morgan fingerprint density at radius 3 is 2.61 bits per heavy atom. The van der Waals surface area contributed by atoms with Crippen LogP contribution in [0.3, 0.4) is 0 Å². The van der Waals surface area contributed by atoms with Crippen LogP contribution in [-0.4, -0.2) is 74.0 Å². The molecule has 2 aromatic carbocycles. The zero-order valence-electron chi connectivity index (χ0n) is 16.9. The number of hydrogen-bond donors (Lipinski definition) is 5. The molecule has 0 bridgehead atoms. The third-order valence-corrected chi connectivity index (χ3v) is 5.65. The average molecular weight is 427 g/mol. The van der Waals surface area contributed by atoms with Gasteiger partial charge in [0.25, 0.3) is 0 Å². The Kier molecular flexibility index (Phi) is 6.03. The van der Waals surface area contributed by atoms with Crippen LogP contribution in [0.25, 0.3) is 22.2 Å². The zero-order chi connectivity index (χ0) is 22.1. The molecule has 1 amide bonds. The number of carbonyl (C=O) groups is 1. The SMILES string of the molecule is CNC(=O)Cn1cnc2cc(-c3cccc([C@H]4O[C@H](CO)[C@@H](O)[C@H](O)[C@@H]4O)c3)ccc21. The van der Waals surface area contributed by atoms with Crippen LogP contribution in [0.2, 0.25) is 0 Å². The van der Waals surface area contributed by atoms with Crippen LogP contribution in [0, 0.1) is 0 Å². The lowest BCUT2D eigenvalue weighted by Gasteiger charge is -2.40. The largest absolute Gasteiger partial charge is 0.394 e. The average Bonchev–Trinajstić information content (AvgIpc) is 3.19. The Hall–Kier alpha value is -2.82. The van der Waals surface area contributed by atoms with E-state index in [4.69, 9.17) is 4.74 Å². The summed E-state index contributed by atoms with van der Waals surface area (Å²) >= 11 is 0. The highest BCUT2D eigenvalue weighted by Crippen LogP contribution is 2.34. The molecule has 4 rings (SSSR count). The monoisotopic (exact) mass is 427 g/mol. The van der Waals surface area contributed by atoms with Crippen molar-refractivity contribution in [2.75, 3.05) is 13.7 Å².